The van der Waals surface area contributed by atoms with E-state index in [0.717, 1.165) is 11.1 Å². The topological polar surface area (TPSA) is 106 Å². The monoisotopic (exact) mass is 479 g/mol. The molecule has 2 rings (SSSR count). The minimum atomic E-state index is -0.888. The number of carbonyl (C=O) groups is 2. The lowest BCUT2D eigenvalue weighted by Crippen LogP contribution is -2.37. The Morgan fingerprint density at radius 1 is 0.848 bits per heavy atom. The normalized spacial score (nSPS) is 11.5. The van der Waals surface area contributed by atoms with Crippen molar-refractivity contribution in [3.8, 4) is 17.2 Å². The van der Waals surface area contributed by atoms with Gasteiger partial charge in [-0.1, -0.05) is 38.1 Å². The molecule has 0 heterocycles. The highest BCUT2D eigenvalue weighted by atomic mass is 35.5. The van der Waals surface area contributed by atoms with Crippen molar-refractivity contribution >= 4 is 36.7 Å². The molecule has 33 heavy (non-hydrogen) atoms. The average molecular weight is 480 g/mol. The SMILES string of the molecule is COc1cc(/C=C/c2ccc(OC(=O)OCCOC(=O)C(N)C(C)C)cc2)cc(OC)c1.Cl. The highest BCUT2D eigenvalue weighted by Gasteiger charge is 2.18. The number of hydrogen-bond donors (Lipinski definition) is 1. The summed E-state index contributed by atoms with van der Waals surface area (Å²) in [5.74, 6) is 1.15. The zero-order chi connectivity index (χ0) is 23.5. The molecule has 0 spiro atoms. The fourth-order valence-electron chi connectivity index (χ4n) is 2.53. The van der Waals surface area contributed by atoms with Crippen molar-refractivity contribution in [2.75, 3.05) is 27.4 Å². The summed E-state index contributed by atoms with van der Waals surface area (Å²) in [4.78, 5) is 23.4. The minimum absolute atomic E-state index is 0. The summed E-state index contributed by atoms with van der Waals surface area (Å²) in [6.45, 7) is 3.42. The van der Waals surface area contributed by atoms with E-state index in [0.29, 0.717) is 17.2 Å². The lowest BCUT2D eigenvalue weighted by molar-refractivity contribution is -0.147. The van der Waals surface area contributed by atoms with Crippen molar-refractivity contribution in [3.05, 3.63) is 53.6 Å². The molecule has 1 unspecified atom stereocenters. The second-order valence-corrected chi connectivity index (χ2v) is 7.19. The lowest BCUT2D eigenvalue weighted by Gasteiger charge is -2.14. The molecular formula is C24H30ClNO7. The van der Waals surface area contributed by atoms with Gasteiger partial charge in [0.15, 0.2) is 0 Å². The Morgan fingerprint density at radius 3 is 1.94 bits per heavy atom. The van der Waals surface area contributed by atoms with Crippen LogP contribution in [0.5, 0.6) is 17.2 Å². The van der Waals surface area contributed by atoms with Gasteiger partial charge >= 0.3 is 12.1 Å². The van der Waals surface area contributed by atoms with E-state index in [4.69, 9.17) is 29.4 Å². The molecule has 8 nitrogen and oxygen atoms in total. The van der Waals surface area contributed by atoms with Gasteiger partial charge in [-0.15, -0.1) is 12.4 Å². The third-order valence-electron chi connectivity index (χ3n) is 4.46. The largest absolute Gasteiger partial charge is 0.513 e. The van der Waals surface area contributed by atoms with Crippen LogP contribution in [0.3, 0.4) is 0 Å². The molecule has 0 aromatic heterocycles. The summed E-state index contributed by atoms with van der Waals surface area (Å²) in [5.41, 5.74) is 7.49. The molecule has 0 amide bonds. The summed E-state index contributed by atoms with van der Waals surface area (Å²) >= 11 is 0. The van der Waals surface area contributed by atoms with Gasteiger partial charge in [0, 0.05) is 6.07 Å². The molecule has 0 fully saturated rings. The highest BCUT2D eigenvalue weighted by molar-refractivity contribution is 5.85. The fraction of sp³-hybridized carbons (Fsp3) is 0.333. The maximum atomic E-state index is 11.8. The molecule has 2 N–H and O–H groups in total. The van der Waals surface area contributed by atoms with Gasteiger partial charge in [0.05, 0.1) is 14.2 Å². The van der Waals surface area contributed by atoms with Crippen LogP contribution >= 0.6 is 12.4 Å². The molecule has 0 bridgehead atoms. The van der Waals surface area contributed by atoms with E-state index >= 15 is 0 Å². The van der Waals surface area contributed by atoms with Gasteiger partial charge < -0.3 is 29.4 Å². The number of nitrogens with two attached hydrogens (primary N) is 1. The number of carbonyl (C=O) groups excluding carboxylic acids is 2. The van der Waals surface area contributed by atoms with Gasteiger partial charge in [-0.3, -0.25) is 4.79 Å². The predicted molar refractivity (Wildman–Crippen MR) is 128 cm³/mol. The van der Waals surface area contributed by atoms with Crippen molar-refractivity contribution in [3.63, 3.8) is 0 Å². The van der Waals surface area contributed by atoms with Crippen LogP contribution in [0.15, 0.2) is 42.5 Å². The summed E-state index contributed by atoms with van der Waals surface area (Å²) in [7, 11) is 3.20. The smallest absolute Gasteiger partial charge is 0.497 e. The third kappa shape index (κ3) is 9.43. The molecule has 0 saturated heterocycles. The van der Waals surface area contributed by atoms with E-state index in [9.17, 15) is 9.59 Å². The number of methoxy groups -OCH3 is 2. The Morgan fingerprint density at radius 2 is 1.39 bits per heavy atom. The molecule has 2 aromatic carbocycles. The van der Waals surface area contributed by atoms with E-state index in [-0.39, 0.29) is 31.5 Å². The molecule has 1 atom stereocenters. The first-order valence-electron chi connectivity index (χ1n) is 10.1. The zero-order valence-electron chi connectivity index (χ0n) is 19.1. The van der Waals surface area contributed by atoms with E-state index in [2.05, 4.69) is 0 Å². The first-order valence-corrected chi connectivity index (χ1v) is 10.1. The number of halogens is 1. The Bertz CT molecular complexity index is 907. The minimum Gasteiger partial charge on any atom is -0.497 e. The standard InChI is InChI=1S/C24H29NO7.ClH/c1-16(2)22(25)23(26)30-11-12-31-24(27)32-19-9-7-17(8-10-19)5-6-18-13-20(28-3)15-21(14-18)29-4;/h5-10,13-16,22H,11-12,25H2,1-4H3;1H/b6-5+;. The molecule has 2 aromatic rings. The van der Waals surface area contributed by atoms with Crippen LogP contribution in [0.1, 0.15) is 25.0 Å². The van der Waals surface area contributed by atoms with Crippen LogP contribution in [0.25, 0.3) is 12.2 Å². The van der Waals surface area contributed by atoms with Crippen molar-refractivity contribution < 1.29 is 33.3 Å². The van der Waals surface area contributed by atoms with Crippen LogP contribution in [0.4, 0.5) is 4.79 Å². The Labute approximate surface area is 200 Å². The van der Waals surface area contributed by atoms with Crippen LogP contribution in [-0.2, 0) is 14.3 Å². The van der Waals surface area contributed by atoms with E-state index in [1.54, 1.807) is 44.6 Å². The summed E-state index contributed by atoms with van der Waals surface area (Å²) in [5, 5.41) is 0. The number of rotatable bonds is 10. The van der Waals surface area contributed by atoms with Gasteiger partial charge in [-0.25, -0.2) is 4.79 Å². The molecule has 180 valence electrons. The molecule has 9 heteroatoms. The van der Waals surface area contributed by atoms with E-state index < -0.39 is 18.2 Å². The Kier molecular flexibility index (Phi) is 11.8. The second-order valence-electron chi connectivity index (χ2n) is 7.19. The molecule has 0 aliphatic carbocycles. The van der Waals surface area contributed by atoms with Crippen molar-refractivity contribution in [2.45, 2.75) is 19.9 Å². The summed E-state index contributed by atoms with van der Waals surface area (Å²) in [6, 6.07) is 11.8. The number of esters is 1. The third-order valence-corrected chi connectivity index (χ3v) is 4.46. The summed E-state index contributed by atoms with van der Waals surface area (Å²) in [6.07, 6.45) is 2.94. The second kappa shape index (κ2) is 14.0. The number of benzene rings is 2. The molecule has 0 aliphatic heterocycles. The number of hydrogen-bond acceptors (Lipinski definition) is 8. The van der Waals surface area contributed by atoms with Crippen LogP contribution in [0.2, 0.25) is 0 Å². The average Bonchev–Trinajstić information content (AvgIpc) is 2.80. The fourth-order valence-corrected chi connectivity index (χ4v) is 2.53. The van der Waals surface area contributed by atoms with Crippen LogP contribution in [0, 0.1) is 5.92 Å². The summed E-state index contributed by atoms with van der Waals surface area (Å²) < 4.78 is 25.5. The predicted octanol–water partition coefficient (Wildman–Crippen LogP) is 4.34. The molecule has 0 saturated carbocycles. The Hall–Kier alpha value is -3.23. The highest BCUT2D eigenvalue weighted by Crippen LogP contribution is 2.24. The number of ether oxygens (including phenoxy) is 5. The maximum absolute atomic E-state index is 11.8. The van der Waals surface area contributed by atoms with Gasteiger partial charge in [0.25, 0.3) is 0 Å². The van der Waals surface area contributed by atoms with Crippen molar-refractivity contribution in [2.24, 2.45) is 11.7 Å². The first kappa shape index (κ1) is 27.8. The molecule has 0 aliphatic rings. The van der Waals surface area contributed by atoms with Gasteiger partial charge in [0.2, 0.25) is 0 Å². The first-order chi connectivity index (χ1) is 15.3. The zero-order valence-corrected chi connectivity index (χ0v) is 19.9. The molecule has 0 radical (unpaired) electrons. The van der Waals surface area contributed by atoms with Gasteiger partial charge in [0.1, 0.15) is 36.5 Å². The maximum Gasteiger partial charge on any atom is 0.513 e. The lowest BCUT2D eigenvalue weighted by atomic mass is 10.1. The van der Waals surface area contributed by atoms with Crippen LogP contribution < -0.4 is 19.9 Å². The van der Waals surface area contributed by atoms with Gasteiger partial charge in [-0.2, -0.15) is 0 Å². The van der Waals surface area contributed by atoms with Crippen molar-refractivity contribution in [1.82, 2.24) is 0 Å². The quantitative estimate of drug-likeness (QED) is 0.232. The van der Waals surface area contributed by atoms with Gasteiger partial charge in [-0.05, 0) is 41.3 Å². The molecular weight excluding hydrogens is 450 g/mol. The Balaban J connectivity index is 0.00000544. The van der Waals surface area contributed by atoms with E-state index in [1.807, 2.05) is 38.1 Å². The van der Waals surface area contributed by atoms with Crippen LogP contribution in [-0.4, -0.2) is 45.6 Å². The van der Waals surface area contributed by atoms with Crippen molar-refractivity contribution in [1.29, 1.82) is 0 Å². The van der Waals surface area contributed by atoms with E-state index in [1.165, 1.54) is 0 Å².